The molecule has 1 saturated heterocycles. The van der Waals surface area contributed by atoms with Crippen molar-refractivity contribution >= 4 is 29.3 Å². The fraction of sp³-hybridized carbons (Fsp3) is 0.529. The number of aromatic nitrogens is 2. The number of H-pyrrole nitrogens is 1. The van der Waals surface area contributed by atoms with E-state index in [4.69, 9.17) is 0 Å². The summed E-state index contributed by atoms with van der Waals surface area (Å²) in [6, 6.07) is 7.77. The van der Waals surface area contributed by atoms with Crippen LogP contribution in [0.3, 0.4) is 0 Å². The molecule has 0 aliphatic carbocycles. The van der Waals surface area contributed by atoms with E-state index < -0.39 is 0 Å². The lowest BCUT2D eigenvalue weighted by Crippen LogP contribution is -2.48. The van der Waals surface area contributed by atoms with Gasteiger partial charge in [-0.15, -0.1) is 12.4 Å². The maximum Gasteiger partial charge on any atom is 0.326 e. The number of imidazole rings is 1. The number of carbonyl (C=O) groups is 1. The van der Waals surface area contributed by atoms with Gasteiger partial charge in [0, 0.05) is 12.6 Å². The van der Waals surface area contributed by atoms with Gasteiger partial charge in [0.15, 0.2) is 0 Å². The van der Waals surface area contributed by atoms with Gasteiger partial charge in [-0.2, -0.15) is 0 Å². The van der Waals surface area contributed by atoms with E-state index >= 15 is 0 Å². The first kappa shape index (κ1) is 18.5. The van der Waals surface area contributed by atoms with E-state index in [2.05, 4.69) is 17.2 Å². The number of para-hydroxylation sites is 2. The van der Waals surface area contributed by atoms with Crippen molar-refractivity contribution in [3.8, 4) is 0 Å². The van der Waals surface area contributed by atoms with Crippen molar-refractivity contribution in [3.63, 3.8) is 0 Å². The van der Waals surface area contributed by atoms with Crippen LogP contribution < -0.4 is 11.0 Å². The summed E-state index contributed by atoms with van der Waals surface area (Å²) in [5, 5.41) is 3.33. The highest BCUT2D eigenvalue weighted by Crippen LogP contribution is 2.15. The Morgan fingerprint density at radius 3 is 2.71 bits per heavy atom. The van der Waals surface area contributed by atoms with E-state index in [1.807, 2.05) is 29.2 Å². The summed E-state index contributed by atoms with van der Waals surface area (Å²) < 4.78 is 1.54. The summed E-state index contributed by atoms with van der Waals surface area (Å²) >= 11 is 0. The van der Waals surface area contributed by atoms with E-state index in [9.17, 15) is 9.59 Å². The molecule has 2 heterocycles. The van der Waals surface area contributed by atoms with E-state index in [1.54, 1.807) is 4.57 Å². The molecule has 0 radical (unpaired) electrons. The molecule has 1 fully saturated rings. The smallest absolute Gasteiger partial charge is 0.326 e. The molecular weight excluding hydrogens is 328 g/mol. The SMILES string of the molecule is CCCN(C(=O)Cn1c(=O)[nH]c2ccccc21)C1CCNCC1.Cl. The van der Waals surface area contributed by atoms with Crippen LogP contribution in [-0.2, 0) is 11.3 Å². The van der Waals surface area contributed by atoms with Gasteiger partial charge >= 0.3 is 5.69 Å². The van der Waals surface area contributed by atoms with Gasteiger partial charge in [0.25, 0.3) is 0 Å². The standard InChI is InChI=1S/C17H24N4O2.ClH/c1-2-11-20(13-7-9-18-10-8-13)16(22)12-21-15-6-4-3-5-14(15)19-17(21)23;/h3-6,13,18H,2,7-12H2,1H3,(H,19,23);1H. The van der Waals surface area contributed by atoms with E-state index in [0.29, 0.717) is 0 Å². The minimum absolute atomic E-state index is 0. The van der Waals surface area contributed by atoms with Gasteiger partial charge in [-0.3, -0.25) is 9.36 Å². The Hall–Kier alpha value is -1.79. The highest BCUT2D eigenvalue weighted by molar-refractivity contribution is 5.85. The first-order chi connectivity index (χ1) is 11.2. The molecule has 0 saturated carbocycles. The minimum atomic E-state index is -0.221. The molecule has 0 atom stereocenters. The number of piperidine rings is 1. The number of aromatic amines is 1. The molecule has 1 amide bonds. The van der Waals surface area contributed by atoms with Crippen LogP contribution >= 0.6 is 12.4 Å². The van der Waals surface area contributed by atoms with Crippen LogP contribution in [0.4, 0.5) is 0 Å². The Labute approximate surface area is 147 Å². The number of nitrogens with one attached hydrogen (secondary N) is 2. The van der Waals surface area contributed by atoms with Crippen molar-refractivity contribution in [3.05, 3.63) is 34.7 Å². The molecule has 1 aliphatic heterocycles. The molecule has 7 heteroatoms. The zero-order valence-electron chi connectivity index (χ0n) is 14.0. The Morgan fingerprint density at radius 2 is 2.00 bits per heavy atom. The van der Waals surface area contributed by atoms with Crippen LogP contribution in [0, 0.1) is 0 Å². The normalized spacial score (nSPS) is 15.2. The Morgan fingerprint density at radius 1 is 1.29 bits per heavy atom. The Balaban J connectivity index is 0.00000208. The van der Waals surface area contributed by atoms with Crippen molar-refractivity contribution in [1.82, 2.24) is 19.8 Å². The molecule has 1 aliphatic rings. The third kappa shape index (κ3) is 3.82. The topological polar surface area (TPSA) is 70.1 Å². The maximum absolute atomic E-state index is 12.8. The lowest BCUT2D eigenvalue weighted by Gasteiger charge is -2.34. The summed E-state index contributed by atoms with van der Waals surface area (Å²) in [5.74, 6) is 0.0330. The van der Waals surface area contributed by atoms with Crippen molar-refractivity contribution in [1.29, 1.82) is 0 Å². The van der Waals surface area contributed by atoms with Gasteiger partial charge in [0.05, 0.1) is 11.0 Å². The number of fused-ring (bicyclic) bond motifs is 1. The average molecular weight is 353 g/mol. The zero-order valence-corrected chi connectivity index (χ0v) is 14.8. The molecule has 3 rings (SSSR count). The van der Waals surface area contributed by atoms with Crippen molar-refractivity contribution in [2.75, 3.05) is 19.6 Å². The number of carbonyl (C=O) groups excluding carboxylic acids is 1. The number of hydrogen-bond donors (Lipinski definition) is 2. The highest BCUT2D eigenvalue weighted by atomic mass is 35.5. The summed E-state index contributed by atoms with van der Waals surface area (Å²) in [5.41, 5.74) is 1.34. The van der Waals surface area contributed by atoms with Crippen molar-refractivity contribution in [2.45, 2.75) is 38.8 Å². The van der Waals surface area contributed by atoms with Crippen LogP contribution in [0.15, 0.2) is 29.1 Å². The summed E-state index contributed by atoms with van der Waals surface area (Å²) in [6.45, 7) is 4.84. The summed E-state index contributed by atoms with van der Waals surface area (Å²) in [4.78, 5) is 29.8. The molecule has 2 N–H and O–H groups in total. The number of amides is 1. The fourth-order valence-corrected chi connectivity index (χ4v) is 3.36. The third-order valence-electron chi connectivity index (χ3n) is 4.51. The van der Waals surface area contributed by atoms with Crippen LogP contribution in [0.5, 0.6) is 0 Å². The molecule has 0 bridgehead atoms. The summed E-state index contributed by atoms with van der Waals surface area (Å²) in [7, 11) is 0. The maximum atomic E-state index is 12.8. The first-order valence-corrected chi connectivity index (χ1v) is 8.38. The molecular formula is C17H25ClN4O2. The van der Waals surface area contributed by atoms with Gasteiger partial charge in [0.2, 0.25) is 5.91 Å². The lowest BCUT2D eigenvalue weighted by atomic mass is 10.0. The Bertz CT molecular complexity index is 734. The molecule has 2 aromatic rings. The second-order valence-electron chi connectivity index (χ2n) is 6.10. The zero-order chi connectivity index (χ0) is 16.2. The van der Waals surface area contributed by atoms with E-state index in [0.717, 1.165) is 49.9 Å². The molecule has 1 aromatic heterocycles. The van der Waals surface area contributed by atoms with Gasteiger partial charge in [-0.1, -0.05) is 19.1 Å². The number of rotatable bonds is 5. The van der Waals surface area contributed by atoms with Gasteiger partial charge < -0.3 is 15.2 Å². The lowest BCUT2D eigenvalue weighted by molar-refractivity contribution is -0.134. The first-order valence-electron chi connectivity index (χ1n) is 8.38. The predicted octanol–water partition coefficient (Wildman–Crippen LogP) is 1.74. The van der Waals surface area contributed by atoms with Gasteiger partial charge in [-0.25, -0.2) is 4.79 Å². The number of benzene rings is 1. The molecule has 24 heavy (non-hydrogen) atoms. The fourth-order valence-electron chi connectivity index (χ4n) is 3.36. The molecule has 1 aromatic carbocycles. The van der Waals surface area contributed by atoms with E-state index in [-0.39, 0.29) is 36.6 Å². The second-order valence-corrected chi connectivity index (χ2v) is 6.10. The van der Waals surface area contributed by atoms with Crippen LogP contribution in [0.2, 0.25) is 0 Å². The van der Waals surface area contributed by atoms with Crippen molar-refractivity contribution < 1.29 is 4.79 Å². The average Bonchev–Trinajstić information content (AvgIpc) is 2.89. The van der Waals surface area contributed by atoms with Gasteiger partial charge in [0.1, 0.15) is 6.54 Å². The number of hydrogen-bond acceptors (Lipinski definition) is 3. The monoisotopic (exact) mass is 352 g/mol. The van der Waals surface area contributed by atoms with Crippen molar-refractivity contribution in [2.24, 2.45) is 0 Å². The van der Waals surface area contributed by atoms with E-state index in [1.165, 1.54) is 0 Å². The number of nitrogens with zero attached hydrogens (tertiary/aromatic N) is 2. The largest absolute Gasteiger partial charge is 0.338 e. The number of halogens is 1. The third-order valence-corrected chi connectivity index (χ3v) is 4.51. The highest BCUT2D eigenvalue weighted by Gasteiger charge is 2.25. The van der Waals surface area contributed by atoms with Crippen LogP contribution in [0.1, 0.15) is 26.2 Å². The molecule has 0 unspecified atom stereocenters. The van der Waals surface area contributed by atoms with Crippen LogP contribution in [-0.4, -0.2) is 46.0 Å². The second kappa shape index (κ2) is 8.35. The molecule has 132 valence electrons. The predicted molar refractivity (Wildman–Crippen MR) is 97.7 cm³/mol. The Kier molecular flexibility index (Phi) is 6.45. The molecule has 6 nitrogen and oxygen atoms in total. The van der Waals surface area contributed by atoms with Gasteiger partial charge in [-0.05, 0) is 44.5 Å². The minimum Gasteiger partial charge on any atom is -0.338 e. The summed E-state index contributed by atoms with van der Waals surface area (Å²) in [6.07, 6.45) is 2.89. The van der Waals surface area contributed by atoms with Crippen LogP contribution in [0.25, 0.3) is 11.0 Å². The molecule has 0 spiro atoms. The quantitative estimate of drug-likeness (QED) is 0.861.